The van der Waals surface area contributed by atoms with E-state index in [-0.39, 0.29) is 24.3 Å². The van der Waals surface area contributed by atoms with Gasteiger partial charge in [0, 0.05) is 18.7 Å². The fourth-order valence-corrected chi connectivity index (χ4v) is 3.79. The van der Waals surface area contributed by atoms with E-state index in [0.717, 1.165) is 25.7 Å². The Morgan fingerprint density at radius 2 is 2.00 bits per heavy atom. The Bertz CT molecular complexity index is 715. The van der Waals surface area contributed by atoms with Crippen molar-refractivity contribution in [2.24, 2.45) is 0 Å². The number of ether oxygens (including phenoxy) is 2. The molecular weight excluding hydrogens is 360 g/mol. The molecule has 1 N–H and O–H groups in total. The lowest BCUT2D eigenvalue weighted by Crippen LogP contribution is -2.58. The molecule has 28 heavy (non-hydrogen) atoms. The second-order valence-electron chi connectivity index (χ2n) is 7.22. The second kappa shape index (κ2) is 9.57. The molecule has 2 amide bonds. The molecule has 1 saturated heterocycles. The number of nitrogens with one attached hydrogen (secondary N) is 1. The maximum absolute atomic E-state index is 13.0. The summed E-state index contributed by atoms with van der Waals surface area (Å²) in [4.78, 5) is 39.3. The van der Waals surface area contributed by atoms with Crippen LogP contribution in [0.25, 0.3) is 0 Å². The minimum absolute atomic E-state index is 0.0695. The van der Waals surface area contributed by atoms with Crippen molar-refractivity contribution < 1.29 is 23.9 Å². The summed E-state index contributed by atoms with van der Waals surface area (Å²) in [5, 5.41) is 2.74. The van der Waals surface area contributed by atoms with Crippen LogP contribution < -0.4 is 10.1 Å². The van der Waals surface area contributed by atoms with Crippen LogP contribution in [-0.4, -0.2) is 54.5 Å². The molecule has 0 spiro atoms. The summed E-state index contributed by atoms with van der Waals surface area (Å²) in [7, 11) is 0. The van der Waals surface area contributed by atoms with Crippen molar-refractivity contribution >= 4 is 17.8 Å². The number of piperazine rings is 1. The summed E-state index contributed by atoms with van der Waals surface area (Å²) >= 11 is 0. The van der Waals surface area contributed by atoms with E-state index in [1.54, 1.807) is 24.3 Å². The summed E-state index contributed by atoms with van der Waals surface area (Å²) < 4.78 is 11.0. The van der Waals surface area contributed by atoms with Gasteiger partial charge in [-0.05, 0) is 50.8 Å². The van der Waals surface area contributed by atoms with E-state index in [2.05, 4.69) is 5.32 Å². The number of hydrogen-bond donors (Lipinski definition) is 1. The Morgan fingerprint density at radius 1 is 1.21 bits per heavy atom. The van der Waals surface area contributed by atoms with Crippen LogP contribution in [0.4, 0.5) is 0 Å². The highest BCUT2D eigenvalue weighted by atomic mass is 16.5. The molecule has 2 fully saturated rings. The van der Waals surface area contributed by atoms with E-state index in [1.807, 2.05) is 6.92 Å². The zero-order valence-electron chi connectivity index (χ0n) is 16.3. The summed E-state index contributed by atoms with van der Waals surface area (Å²) in [6.45, 7) is 3.09. The Kier molecular flexibility index (Phi) is 6.90. The summed E-state index contributed by atoms with van der Waals surface area (Å²) in [6, 6.07) is 6.02. The topological polar surface area (TPSA) is 84.9 Å². The molecule has 3 rings (SSSR count). The third-order valence-electron chi connectivity index (χ3n) is 5.19. The average Bonchev–Trinajstić information content (AvgIpc) is 2.70. The number of carbonyl (C=O) groups excluding carboxylic acids is 3. The maximum atomic E-state index is 13.0. The van der Waals surface area contributed by atoms with Crippen molar-refractivity contribution in [2.75, 3.05) is 19.7 Å². The van der Waals surface area contributed by atoms with Crippen LogP contribution >= 0.6 is 0 Å². The van der Waals surface area contributed by atoms with E-state index in [0.29, 0.717) is 31.0 Å². The first kappa shape index (κ1) is 20.2. The lowest BCUT2D eigenvalue weighted by Gasteiger charge is -2.35. The molecule has 1 unspecified atom stereocenters. The fraction of sp³-hybridized carbons (Fsp3) is 0.571. The molecule has 2 aliphatic rings. The lowest BCUT2D eigenvalue weighted by atomic mass is 9.98. The van der Waals surface area contributed by atoms with Crippen LogP contribution in [0.15, 0.2) is 24.3 Å². The highest BCUT2D eigenvalue weighted by Gasteiger charge is 2.36. The van der Waals surface area contributed by atoms with Gasteiger partial charge in [0.2, 0.25) is 5.91 Å². The van der Waals surface area contributed by atoms with E-state index in [4.69, 9.17) is 9.47 Å². The Balaban J connectivity index is 1.69. The standard InChI is InChI=1S/C21H28N2O5/c1-2-27-17-10-6-7-15(13-17)21(26)23-12-11-22-20(25)18(23)14-19(24)28-16-8-4-3-5-9-16/h6-7,10,13,16,18H,2-5,8-9,11-12,14H2,1H3,(H,22,25). The van der Waals surface area contributed by atoms with Crippen LogP contribution in [-0.2, 0) is 14.3 Å². The first-order chi connectivity index (χ1) is 13.6. The van der Waals surface area contributed by atoms with Crippen LogP contribution in [0.2, 0.25) is 0 Å². The van der Waals surface area contributed by atoms with E-state index < -0.39 is 12.0 Å². The molecule has 1 aromatic rings. The number of carbonyl (C=O) groups is 3. The van der Waals surface area contributed by atoms with E-state index >= 15 is 0 Å². The van der Waals surface area contributed by atoms with Gasteiger partial charge in [-0.25, -0.2) is 0 Å². The van der Waals surface area contributed by atoms with Crippen molar-refractivity contribution in [3.8, 4) is 5.75 Å². The van der Waals surface area contributed by atoms with Gasteiger partial charge in [0.05, 0.1) is 13.0 Å². The van der Waals surface area contributed by atoms with Crippen molar-refractivity contribution in [3.63, 3.8) is 0 Å². The van der Waals surface area contributed by atoms with Crippen molar-refractivity contribution in [2.45, 2.75) is 57.6 Å². The fourth-order valence-electron chi connectivity index (χ4n) is 3.79. The third-order valence-corrected chi connectivity index (χ3v) is 5.19. The number of nitrogens with zero attached hydrogens (tertiary/aromatic N) is 1. The van der Waals surface area contributed by atoms with Crippen molar-refractivity contribution in [1.29, 1.82) is 0 Å². The average molecular weight is 388 g/mol. The molecule has 1 atom stereocenters. The molecule has 1 saturated carbocycles. The predicted octanol–water partition coefficient (Wildman–Crippen LogP) is 2.29. The normalized spacial score (nSPS) is 20.4. The number of hydrogen-bond acceptors (Lipinski definition) is 5. The Labute approximate surface area is 165 Å². The molecule has 1 aliphatic carbocycles. The molecule has 0 bridgehead atoms. The van der Waals surface area contributed by atoms with E-state index in [9.17, 15) is 14.4 Å². The minimum Gasteiger partial charge on any atom is -0.494 e. The highest BCUT2D eigenvalue weighted by Crippen LogP contribution is 2.22. The molecule has 0 aromatic heterocycles. The number of esters is 1. The quantitative estimate of drug-likeness (QED) is 0.756. The molecular formula is C21H28N2O5. The number of rotatable bonds is 6. The molecule has 7 nitrogen and oxygen atoms in total. The first-order valence-corrected chi connectivity index (χ1v) is 10.1. The SMILES string of the molecule is CCOc1cccc(C(=O)N2CCNC(=O)C2CC(=O)OC2CCCCC2)c1. The molecule has 7 heteroatoms. The van der Waals surface area contributed by atoms with Gasteiger partial charge in [0.25, 0.3) is 5.91 Å². The molecule has 152 valence electrons. The van der Waals surface area contributed by atoms with Crippen LogP contribution in [0, 0.1) is 0 Å². The molecule has 0 radical (unpaired) electrons. The molecule has 1 aromatic carbocycles. The van der Waals surface area contributed by atoms with Crippen LogP contribution in [0.5, 0.6) is 5.75 Å². The Morgan fingerprint density at radius 3 is 2.75 bits per heavy atom. The van der Waals surface area contributed by atoms with E-state index in [1.165, 1.54) is 11.3 Å². The van der Waals surface area contributed by atoms with Gasteiger partial charge in [-0.3, -0.25) is 14.4 Å². The van der Waals surface area contributed by atoms with Crippen LogP contribution in [0.1, 0.15) is 55.8 Å². The first-order valence-electron chi connectivity index (χ1n) is 10.1. The van der Waals surface area contributed by atoms with Gasteiger partial charge in [0.15, 0.2) is 0 Å². The number of amides is 2. The van der Waals surface area contributed by atoms with Crippen LogP contribution in [0.3, 0.4) is 0 Å². The number of benzene rings is 1. The smallest absolute Gasteiger partial charge is 0.308 e. The monoisotopic (exact) mass is 388 g/mol. The summed E-state index contributed by atoms with van der Waals surface area (Å²) in [5.74, 6) is -0.425. The second-order valence-corrected chi connectivity index (χ2v) is 7.22. The van der Waals surface area contributed by atoms with Crippen molar-refractivity contribution in [3.05, 3.63) is 29.8 Å². The summed E-state index contributed by atoms with van der Waals surface area (Å²) in [6.07, 6.45) is 4.83. The van der Waals surface area contributed by atoms with Gasteiger partial charge in [0.1, 0.15) is 17.9 Å². The highest BCUT2D eigenvalue weighted by molar-refractivity contribution is 5.99. The van der Waals surface area contributed by atoms with Gasteiger partial charge >= 0.3 is 5.97 Å². The summed E-state index contributed by atoms with van der Waals surface area (Å²) in [5.41, 5.74) is 0.436. The van der Waals surface area contributed by atoms with Crippen molar-refractivity contribution in [1.82, 2.24) is 10.2 Å². The molecule has 1 heterocycles. The van der Waals surface area contributed by atoms with Gasteiger partial charge in [-0.1, -0.05) is 12.5 Å². The maximum Gasteiger partial charge on any atom is 0.308 e. The zero-order chi connectivity index (χ0) is 19.9. The lowest BCUT2D eigenvalue weighted by molar-refractivity contribution is -0.153. The molecule has 1 aliphatic heterocycles. The van der Waals surface area contributed by atoms with Gasteiger partial charge in [-0.2, -0.15) is 0 Å². The van der Waals surface area contributed by atoms with Gasteiger partial charge < -0.3 is 19.7 Å². The Hall–Kier alpha value is -2.57. The third kappa shape index (κ3) is 5.03. The van der Waals surface area contributed by atoms with Gasteiger partial charge in [-0.15, -0.1) is 0 Å². The largest absolute Gasteiger partial charge is 0.494 e. The predicted molar refractivity (Wildman–Crippen MR) is 103 cm³/mol. The zero-order valence-corrected chi connectivity index (χ0v) is 16.3. The minimum atomic E-state index is -0.854.